The maximum Gasteiger partial charge on any atom is 0.303 e. The van der Waals surface area contributed by atoms with Crippen molar-refractivity contribution in [2.45, 2.75) is 116 Å². The molecular formula is C35H45FO11. The number of benzene rings is 2. The molecule has 2 saturated heterocycles. The van der Waals surface area contributed by atoms with Gasteiger partial charge in [-0.15, -0.1) is 0 Å². The number of ether oxygens (including phenoxy) is 8. The Hall–Kier alpha value is -3.42. The summed E-state index contributed by atoms with van der Waals surface area (Å²) >= 11 is 0. The molecule has 12 heteroatoms. The van der Waals surface area contributed by atoms with Gasteiger partial charge in [0.2, 0.25) is 0 Å². The van der Waals surface area contributed by atoms with E-state index in [0.717, 1.165) is 25.0 Å². The number of halogens is 1. The fourth-order valence-electron chi connectivity index (χ4n) is 6.01. The number of hydrogen-bond acceptors (Lipinski definition) is 11. The van der Waals surface area contributed by atoms with E-state index in [0.29, 0.717) is 6.42 Å². The summed E-state index contributed by atoms with van der Waals surface area (Å²) in [4.78, 5) is 35.8. The van der Waals surface area contributed by atoms with Crippen molar-refractivity contribution in [2.75, 3.05) is 6.61 Å². The van der Waals surface area contributed by atoms with Crippen molar-refractivity contribution in [3.8, 4) is 0 Å². The lowest BCUT2D eigenvalue weighted by Crippen LogP contribution is -2.67. The van der Waals surface area contributed by atoms with E-state index in [1.807, 2.05) is 74.5 Å². The minimum atomic E-state index is -2.14. The highest BCUT2D eigenvalue weighted by molar-refractivity contribution is 5.68. The highest BCUT2D eigenvalue weighted by Crippen LogP contribution is 2.42. The van der Waals surface area contributed by atoms with Crippen LogP contribution in [0.5, 0.6) is 0 Å². The first-order valence-corrected chi connectivity index (χ1v) is 15.9. The van der Waals surface area contributed by atoms with E-state index in [9.17, 15) is 14.4 Å². The summed E-state index contributed by atoms with van der Waals surface area (Å²) in [5, 5.41) is 0. The Labute approximate surface area is 274 Å². The van der Waals surface area contributed by atoms with E-state index in [1.54, 1.807) is 6.92 Å². The molecule has 2 fully saturated rings. The van der Waals surface area contributed by atoms with Crippen LogP contribution in [0.4, 0.5) is 4.39 Å². The van der Waals surface area contributed by atoms with Crippen molar-refractivity contribution in [2.24, 2.45) is 5.92 Å². The molecule has 0 saturated carbocycles. The van der Waals surface area contributed by atoms with Gasteiger partial charge < -0.3 is 37.9 Å². The first-order valence-electron chi connectivity index (χ1n) is 15.9. The van der Waals surface area contributed by atoms with Crippen LogP contribution in [0.3, 0.4) is 0 Å². The van der Waals surface area contributed by atoms with E-state index in [4.69, 9.17) is 37.9 Å². The molecule has 5 unspecified atom stereocenters. The van der Waals surface area contributed by atoms with Crippen molar-refractivity contribution in [3.05, 3.63) is 71.8 Å². The van der Waals surface area contributed by atoms with Crippen molar-refractivity contribution in [3.63, 3.8) is 0 Å². The van der Waals surface area contributed by atoms with Crippen molar-refractivity contribution >= 4 is 17.9 Å². The maximum absolute atomic E-state index is 16.4. The SMILES string of the molecule is CCC1O[C@](C)(O[C@@H]2OC(COC(C)=O)[C@@H](OC(C)=O)C(OC(C)=O)C2F)C(OCc2ccccc2)[C@@H](OCc2ccccc2)[C@H]1C. The van der Waals surface area contributed by atoms with E-state index in [2.05, 4.69) is 0 Å². The molecule has 2 aromatic rings. The molecule has 258 valence electrons. The molecule has 0 radical (unpaired) electrons. The summed E-state index contributed by atoms with van der Waals surface area (Å²) in [5.41, 5.74) is 1.84. The summed E-state index contributed by atoms with van der Waals surface area (Å²) in [7, 11) is 0. The smallest absolute Gasteiger partial charge is 0.303 e. The molecule has 2 aliphatic rings. The summed E-state index contributed by atoms with van der Waals surface area (Å²) in [5.74, 6) is -4.05. The lowest BCUT2D eigenvalue weighted by molar-refractivity contribution is -0.414. The number of esters is 3. The van der Waals surface area contributed by atoms with Crippen LogP contribution in [-0.4, -0.2) is 79.4 Å². The van der Waals surface area contributed by atoms with Gasteiger partial charge >= 0.3 is 17.9 Å². The van der Waals surface area contributed by atoms with Crippen LogP contribution in [0.1, 0.15) is 59.1 Å². The second kappa shape index (κ2) is 16.6. The minimum Gasteiger partial charge on any atom is -0.463 e. The Morgan fingerprint density at radius 2 is 1.34 bits per heavy atom. The molecule has 2 aromatic carbocycles. The average Bonchev–Trinajstić information content (AvgIpc) is 3.03. The normalized spacial score (nSPS) is 32.3. The third-order valence-electron chi connectivity index (χ3n) is 8.24. The molecule has 4 rings (SSSR count). The average molecular weight is 661 g/mol. The Balaban J connectivity index is 1.69. The molecule has 0 aliphatic carbocycles. The lowest BCUT2D eigenvalue weighted by Gasteiger charge is -2.52. The Morgan fingerprint density at radius 1 is 0.787 bits per heavy atom. The Kier molecular flexibility index (Phi) is 12.9. The highest BCUT2D eigenvalue weighted by Gasteiger charge is 2.58. The van der Waals surface area contributed by atoms with Gasteiger partial charge in [0.05, 0.1) is 25.4 Å². The predicted molar refractivity (Wildman–Crippen MR) is 165 cm³/mol. The Morgan fingerprint density at radius 3 is 1.87 bits per heavy atom. The highest BCUT2D eigenvalue weighted by atomic mass is 19.1. The van der Waals surface area contributed by atoms with Gasteiger partial charge in [-0.2, -0.15) is 0 Å². The molecule has 0 bridgehead atoms. The second-order valence-electron chi connectivity index (χ2n) is 12.0. The third kappa shape index (κ3) is 9.57. The van der Waals surface area contributed by atoms with Gasteiger partial charge in [0, 0.05) is 26.7 Å². The van der Waals surface area contributed by atoms with E-state index >= 15 is 4.39 Å². The van der Waals surface area contributed by atoms with Crippen molar-refractivity contribution in [1.82, 2.24) is 0 Å². The molecule has 47 heavy (non-hydrogen) atoms. The first-order chi connectivity index (χ1) is 22.4. The van der Waals surface area contributed by atoms with Gasteiger partial charge in [0.15, 0.2) is 30.5 Å². The fourth-order valence-corrected chi connectivity index (χ4v) is 6.01. The van der Waals surface area contributed by atoms with E-state index < -0.39 is 73.3 Å². The van der Waals surface area contributed by atoms with E-state index in [-0.39, 0.29) is 25.2 Å². The number of carbonyl (C=O) groups excluding carboxylic acids is 3. The quantitative estimate of drug-likeness (QED) is 0.217. The maximum atomic E-state index is 16.4. The predicted octanol–water partition coefficient (Wildman–Crippen LogP) is 4.82. The Bertz CT molecular complexity index is 1310. The molecule has 0 spiro atoms. The van der Waals surface area contributed by atoms with Gasteiger partial charge in [-0.1, -0.05) is 74.5 Å². The minimum absolute atomic E-state index is 0.159. The zero-order valence-electron chi connectivity index (χ0n) is 27.7. The monoisotopic (exact) mass is 660 g/mol. The summed E-state index contributed by atoms with van der Waals surface area (Å²) in [6.07, 6.45) is -9.44. The van der Waals surface area contributed by atoms with Gasteiger partial charge in [0.1, 0.15) is 18.8 Å². The second-order valence-corrected chi connectivity index (χ2v) is 12.0. The van der Waals surface area contributed by atoms with Crippen LogP contribution >= 0.6 is 0 Å². The van der Waals surface area contributed by atoms with Crippen LogP contribution in [-0.2, 0) is 65.5 Å². The molecule has 10 atom stereocenters. The van der Waals surface area contributed by atoms with Gasteiger partial charge in [-0.3, -0.25) is 14.4 Å². The zero-order valence-corrected chi connectivity index (χ0v) is 27.7. The molecule has 2 aliphatic heterocycles. The largest absolute Gasteiger partial charge is 0.463 e. The molecule has 2 heterocycles. The van der Waals surface area contributed by atoms with Gasteiger partial charge in [-0.05, 0) is 24.5 Å². The standard InChI is InChI=1S/C35H45FO11/c1-7-27-21(2)30(41-18-25-14-10-8-11-15-25)33(42-19-26-16-12-9-13-17-26)35(6,46-27)47-34-29(36)32(44-24(5)39)31(43-23(4)38)28(45-34)20-40-22(3)37/h8-17,21,27-34H,7,18-20H2,1-6H3/t21-,27?,28?,29?,30-,31+,32?,33?,34-,35+/m0/s1. The molecule has 0 aromatic heterocycles. The number of rotatable bonds is 13. The van der Waals surface area contributed by atoms with Gasteiger partial charge in [-0.25, -0.2) is 4.39 Å². The molecule has 0 N–H and O–H groups in total. The van der Waals surface area contributed by atoms with Gasteiger partial charge in [0.25, 0.3) is 0 Å². The molecule has 11 nitrogen and oxygen atoms in total. The number of carbonyl (C=O) groups is 3. The van der Waals surface area contributed by atoms with Crippen LogP contribution in [0.15, 0.2) is 60.7 Å². The topological polar surface area (TPSA) is 125 Å². The third-order valence-corrected chi connectivity index (χ3v) is 8.24. The van der Waals surface area contributed by atoms with Crippen LogP contribution < -0.4 is 0 Å². The fraction of sp³-hybridized carbons (Fsp3) is 0.571. The number of alkyl halides is 1. The first kappa shape index (κ1) is 36.4. The van der Waals surface area contributed by atoms with Crippen LogP contribution in [0.2, 0.25) is 0 Å². The van der Waals surface area contributed by atoms with Crippen LogP contribution in [0, 0.1) is 5.92 Å². The summed E-state index contributed by atoms with van der Waals surface area (Å²) in [6.45, 7) is 9.04. The van der Waals surface area contributed by atoms with Crippen molar-refractivity contribution in [1.29, 1.82) is 0 Å². The molecular weight excluding hydrogens is 615 g/mol. The molecule has 0 amide bonds. The summed E-state index contributed by atoms with van der Waals surface area (Å²) in [6, 6.07) is 19.2. The van der Waals surface area contributed by atoms with Crippen molar-refractivity contribution < 1.29 is 56.7 Å². The summed E-state index contributed by atoms with van der Waals surface area (Å²) < 4.78 is 64.2. The van der Waals surface area contributed by atoms with E-state index in [1.165, 1.54) is 6.92 Å². The zero-order chi connectivity index (χ0) is 34.1. The lowest BCUT2D eigenvalue weighted by atomic mass is 9.85. The number of hydrogen-bond donors (Lipinski definition) is 0. The van der Waals surface area contributed by atoms with Crippen LogP contribution in [0.25, 0.3) is 0 Å².